The van der Waals surface area contributed by atoms with Crippen LogP contribution in [0.2, 0.25) is 0 Å². The lowest BCUT2D eigenvalue weighted by Crippen LogP contribution is -2.43. The van der Waals surface area contributed by atoms with Crippen molar-refractivity contribution >= 4 is 29.0 Å². The first-order valence-electron chi connectivity index (χ1n) is 4.80. The average Bonchev–Trinajstić information content (AvgIpc) is 2.21. The Morgan fingerprint density at radius 2 is 2.07 bits per heavy atom. The summed E-state index contributed by atoms with van der Waals surface area (Å²) in [7, 11) is 1.60. The van der Waals surface area contributed by atoms with E-state index in [9.17, 15) is 9.59 Å². The lowest BCUT2D eigenvalue weighted by Gasteiger charge is -2.15. The maximum atomic E-state index is 11.4. The molecule has 0 atom stereocenters. The number of carbonyl (C=O) groups is 2. The Morgan fingerprint density at radius 3 is 2.53 bits per heavy atom. The summed E-state index contributed by atoms with van der Waals surface area (Å²) in [6.07, 6.45) is 1.86. The molecule has 0 radical (unpaired) electrons. The van der Waals surface area contributed by atoms with Crippen molar-refractivity contribution in [1.82, 2.24) is 10.2 Å². The molecule has 0 unspecified atom stereocenters. The SMILES string of the molecule is CCCCN(C)C(=O)C(=O)NCC(N)=S. The molecule has 15 heavy (non-hydrogen) atoms. The van der Waals surface area contributed by atoms with Crippen LogP contribution in [-0.4, -0.2) is 41.8 Å². The first kappa shape index (κ1) is 13.8. The van der Waals surface area contributed by atoms with Crippen molar-refractivity contribution in [2.24, 2.45) is 5.73 Å². The van der Waals surface area contributed by atoms with Crippen LogP contribution < -0.4 is 11.1 Å². The van der Waals surface area contributed by atoms with Crippen LogP contribution >= 0.6 is 12.2 Å². The van der Waals surface area contributed by atoms with Crippen LogP contribution in [0.25, 0.3) is 0 Å². The van der Waals surface area contributed by atoms with E-state index in [-0.39, 0.29) is 11.5 Å². The van der Waals surface area contributed by atoms with E-state index >= 15 is 0 Å². The van der Waals surface area contributed by atoms with Crippen molar-refractivity contribution in [3.63, 3.8) is 0 Å². The predicted octanol–water partition coefficient (Wildman–Crippen LogP) is -0.353. The van der Waals surface area contributed by atoms with Gasteiger partial charge in [0.1, 0.15) is 0 Å². The number of hydrogen-bond donors (Lipinski definition) is 2. The maximum Gasteiger partial charge on any atom is 0.311 e. The van der Waals surface area contributed by atoms with Gasteiger partial charge in [0.25, 0.3) is 0 Å². The highest BCUT2D eigenvalue weighted by atomic mass is 32.1. The molecule has 3 N–H and O–H groups in total. The van der Waals surface area contributed by atoms with E-state index < -0.39 is 11.8 Å². The first-order chi connectivity index (χ1) is 6.99. The number of thiocarbonyl (C=S) groups is 1. The van der Waals surface area contributed by atoms with Crippen LogP contribution in [0.3, 0.4) is 0 Å². The number of rotatable bonds is 5. The van der Waals surface area contributed by atoms with Crippen LogP contribution in [0, 0.1) is 0 Å². The molecule has 0 aromatic heterocycles. The number of carbonyl (C=O) groups excluding carboxylic acids is 2. The molecule has 0 aromatic carbocycles. The fourth-order valence-corrected chi connectivity index (χ4v) is 0.985. The molecule has 0 saturated heterocycles. The molecule has 0 heterocycles. The molecule has 0 aliphatic carbocycles. The molecule has 6 heteroatoms. The molecule has 0 rings (SSSR count). The molecule has 5 nitrogen and oxygen atoms in total. The number of nitrogens with two attached hydrogens (primary N) is 1. The van der Waals surface area contributed by atoms with Gasteiger partial charge in [-0.2, -0.15) is 0 Å². The second-order valence-electron chi connectivity index (χ2n) is 3.23. The second kappa shape index (κ2) is 7.17. The topological polar surface area (TPSA) is 75.4 Å². The Kier molecular flexibility index (Phi) is 6.61. The molecule has 86 valence electrons. The third-order valence-corrected chi connectivity index (χ3v) is 1.96. The third kappa shape index (κ3) is 6.01. The fourth-order valence-electron chi connectivity index (χ4n) is 0.913. The number of nitrogens with zero attached hydrogens (tertiary/aromatic N) is 1. The number of unbranched alkanes of at least 4 members (excludes halogenated alkanes) is 1. The van der Waals surface area contributed by atoms with Crippen molar-refractivity contribution in [2.75, 3.05) is 20.1 Å². The molecule has 2 amide bonds. The van der Waals surface area contributed by atoms with Gasteiger partial charge in [0.15, 0.2) is 0 Å². The summed E-state index contributed by atoms with van der Waals surface area (Å²) in [6.45, 7) is 2.66. The molecule has 0 spiro atoms. The van der Waals surface area contributed by atoms with Crippen LogP contribution in [0.1, 0.15) is 19.8 Å². The monoisotopic (exact) mass is 231 g/mol. The van der Waals surface area contributed by atoms with Crippen LogP contribution in [0.5, 0.6) is 0 Å². The molecule has 0 aliphatic rings. The molecule has 0 bridgehead atoms. The summed E-state index contributed by atoms with van der Waals surface area (Å²) >= 11 is 4.57. The molecule has 0 aromatic rings. The van der Waals surface area contributed by atoms with Crippen molar-refractivity contribution in [2.45, 2.75) is 19.8 Å². The second-order valence-corrected chi connectivity index (χ2v) is 3.75. The van der Waals surface area contributed by atoms with Gasteiger partial charge in [-0.25, -0.2) is 0 Å². The summed E-state index contributed by atoms with van der Waals surface area (Å²) < 4.78 is 0. The van der Waals surface area contributed by atoms with Crippen molar-refractivity contribution < 1.29 is 9.59 Å². The quantitative estimate of drug-likeness (QED) is 0.501. The highest BCUT2D eigenvalue weighted by Gasteiger charge is 2.17. The lowest BCUT2D eigenvalue weighted by molar-refractivity contribution is -0.144. The molecule has 0 saturated carbocycles. The summed E-state index contributed by atoms with van der Waals surface area (Å²) in [4.78, 5) is 24.2. The Hall–Kier alpha value is -1.17. The molecule has 0 aliphatic heterocycles. The van der Waals surface area contributed by atoms with Crippen molar-refractivity contribution in [3.05, 3.63) is 0 Å². The Bertz CT molecular complexity index is 256. The largest absolute Gasteiger partial charge is 0.392 e. The van der Waals surface area contributed by atoms with E-state index in [1.807, 2.05) is 6.92 Å². The van der Waals surface area contributed by atoms with Crippen molar-refractivity contribution in [3.8, 4) is 0 Å². The summed E-state index contributed by atoms with van der Waals surface area (Å²) in [6, 6.07) is 0. The van der Waals surface area contributed by atoms with Gasteiger partial charge in [-0.05, 0) is 6.42 Å². The summed E-state index contributed by atoms with van der Waals surface area (Å²) in [5.41, 5.74) is 5.19. The van der Waals surface area contributed by atoms with Gasteiger partial charge in [0.2, 0.25) is 0 Å². The lowest BCUT2D eigenvalue weighted by atomic mass is 10.3. The van der Waals surface area contributed by atoms with E-state index in [1.54, 1.807) is 7.05 Å². The number of likely N-dealkylation sites (N-methyl/N-ethyl adjacent to an activating group) is 1. The zero-order valence-corrected chi connectivity index (χ0v) is 9.89. The minimum absolute atomic E-state index is 0.0571. The fraction of sp³-hybridized carbons (Fsp3) is 0.667. The highest BCUT2D eigenvalue weighted by molar-refractivity contribution is 7.80. The van der Waals surface area contributed by atoms with Gasteiger partial charge in [-0.3, -0.25) is 9.59 Å². The zero-order valence-electron chi connectivity index (χ0n) is 9.08. The van der Waals surface area contributed by atoms with E-state index in [2.05, 4.69) is 17.5 Å². The Balaban J connectivity index is 3.96. The third-order valence-electron chi connectivity index (χ3n) is 1.81. The minimum atomic E-state index is -0.665. The predicted molar refractivity (Wildman–Crippen MR) is 62.3 cm³/mol. The van der Waals surface area contributed by atoms with Gasteiger partial charge < -0.3 is 16.0 Å². The standard InChI is InChI=1S/C9H17N3O2S/c1-3-4-5-12(2)9(14)8(13)11-6-7(10)15/h3-6H2,1-2H3,(H2,10,15)(H,11,13). The van der Waals surface area contributed by atoms with Gasteiger partial charge in [0, 0.05) is 13.6 Å². The molecular formula is C9H17N3O2S. The van der Waals surface area contributed by atoms with E-state index in [1.165, 1.54) is 4.90 Å². The smallest absolute Gasteiger partial charge is 0.311 e. The summed E-state index contributed by atoms with van der Waals surface area (Å²) in [5, 5.41) is 2.34. The van der Waals surface area contributed by atoms with Gasteiger partial charge in [0.05, 0.1) is 11.5 Å². The maximum absolute atomic E-state index is 11.4. The van der Waals surface area contributed by atoms with Gasteiger partial charge in [-0.1, -0.05) is 25.6 Å². The number of amides is 2. The van der Waals surface area contributed by atoms with Crippen LogP contribution in [0.4, 0.5) is 0 Å². The van der Waals surface area contributed by atoms with Crippen molar-refractivity contribution in [1.29, 1.82) is 0 Å². The molecule has 0 fully saturated rings. The number of hydrogen-bond acceptors (Lipinski definition) is 3. The summed E-state index contributed by atoms with van der Waals surface area (Å²) in [5.74, 6) is -1.22. The zero-order chi connectivity index (χ0) is 11.8. The normalized spacial score (nSPS) is 9.47. The van der Waals surface area contributed by atoms with Crippen LogP contribution in [-0.2, 0) is 9.59 Å². The van der Waals surface area contributed by atoms with Gasteiger partial charge in [-0.15, -0.1) is 0 Å². The van der Waals surface area contributed by atoms with E-state index in [0.29, 0.717) is 6.54 Å². The first-order valence-corrected chi connectivity index (χ1v) is 5.21. The van der Waals surface area contributed by atoms with E-state index in [4.69, 9.17) is 5.73 Å². The Labute approximate surface area is 95.0 Å². The molecular weight excluding hydrogens is 214 g/mol. The Morgan fingerprint density at radius 1 is 1.47 bits per heavy atom. The number of nitrogens with one attached hydrogen (secondary N) is 1. The van der Waals surface area contributed by atoms with E-state index in [0.717, 1.165) is 12.8 Å². The van der Waals surface area contributed by atoms with Crippen LogP contribution in [0.15, 0.2) is 0 Å². The minimum Gasteiger partial charge on any atom is -0.392 e. The highest BCUT2D eigenvalue weighted by Crippen LogP contribution is 1.92. The van der Waals surface area contributed by atoms with Gasteiger partial charge >= 0.3 is 11.8 Å². The average molecular weight is 231 g/mol.